The molecule has 0 aliphatic rings. The number of hydrogen-bond acceptors (Lipinski definition) is 8. The third-order valence-electron chi connectivity index (χ3n) is 4.21. The number of thioether (sulfide) groups is 1. The average Bonchev–Trinajstić information content (AvgIpc) is 3.34. The maximum atomic E-state index is 12.5. The standard InChI is InChI=1S/C20H19N5OS3/c1-11-4-9-15-16(10-11)28-18(23-15)13-5-7-14(8-6-13)22-17(26)12(2)27-20-25-24-19(21-3)29-20/h4-10,12H,1-3H3,(H,21,24)(H,22,26). The number of fused-ring (bicyclic) bond motifs is 1. The van der Waals surface area contributed by atoms with E-state index in [2.05, 4.69) is 46.0 Å². The molecule has 2 aromatic carbocycles. The number of aryl methyl sites for hydroxylation is 1. The molecule has 9 heteroatoms. The fraction of sp³-hybridized carbons (Fsp3) is 0.200. The third-order valence-corrected chi connectivity index (χ3v) is 7.40. The van der Waals surface area contributed by atoms with Gasteiger partial charge >= 0.3 is 0 Å². The molecule has 1 atom stereocenters. The summed E-state index contributed by atoms with van der Waals surface area (Å²) in [5.41, 5.74) is 4.04. The Morgan fingerprint density at radius 3 is 2.62 bits per heavy atom. The lowest BCUT2D eigenvalue weighted by atomic mass is 10.2. The lowest BCUT2D eigenvalue weighted by Crippen LogP contribution is -2.22. The third kappa shape index (κ3) is 4.58. The van der Waals surface area contributed by atoms with E-state index in [1.807, 2.05) is 31.2 Å². The summed E-state index contributed by atoms with van der Waals surface area (Å²) in [7, 11) is 1.80. The van der Waals surface area contributed by atoms with Crippen molar-refractivity contribution in [2.24, 2.45) is 0 Å². The van der Waals surface area contributed by atoms with Crippen molar-refractivity contribution >= 4 is 61.4 Å². The SMILES string of the molecule is CNc1nnc(SC(C)C(=O)Nc2ccc(-c3nc4ccc(C)cc4s3)cc2)s1. The normalized spacial score (nSPS) is 12.1. The van der Waals surface area contributed by atoms with Gasteiger partial charge in [-0.3, -0.25) is 4.79 Å². The van der Waals surface area contributed by atoms with Crippen LogP contribution in [0.3, 0.4) is 0 Å². The van der Waals surface area contributed by atoms with Gasteiger partial charge < -0.3 is 10.6 Å². The van der Waals surface area contributed by atoms with E-state index in [0.29, 0.717) is 0 Å². The van der Waals surface area contributed by atoms with E-state index in [0.717, 1.165) is 31.2 Å². The highest BCUT2D eigenvalue weighted by molar-refractivity contribution is 8.02. The molecular weight excluding hydrogens is 422 g/mol. The van der Waals surface area contributed by atoms with Crippen LogP contribution >= 0.6 is 34.4 Å². The summed E-state index contributed by atoms with van der Waals surface area (Å²) in [4.78, 5) is 17.2. The average molecular weight is 442 g/mol. The number of thiazole rings is 1. The number of carbonyl (C=O) groups excluding carboxylic acids is 1. The lowest BCUT2D eigenvalue weighted by Gasteiger charge is -2.10. The molecule has 1 unspecified atom stereocenters. The van der Waals surface area contributed by atoms with E-state index in [1.54, 1.807) is 18.4 Å². The number of amides is 1. The van der Waals surface area contributed by atoms with Crippen LogP contribution in [0.1, 0.15) is 12.5 Å². The van der Waals surface area contributed by atoms with E-state index in [-0.39, 0.29) is 11.2 Å². The van der Waals surface area contributed by atoms with E-state index < -0.39 is 0 Å². The van der Waals surface area contributed by atoms with Gasteiger partial charge in [-0.05, 0) is 55.8 Å². The second-order valence-corrected chi connectivity index (χ2v) is 10.0. The van der Waals surface area contributed by atoms with E-state index in [4.69, 9.17) is 4.98 Å². The molecule has 0 aliphatic heterocycles. The molecule has 0 saturated carbocycles. The Labute approximate surface area is 180 Å². The number of nitrogens with one attached hydrogen (secondary N) is 2. The molecule has 0 spiro atoms. The summed E-state index contributed by atoms with van der Waals surface area (Å²) in [6.45, 7) is 3.94. The first-order valence-corrected chi connectivity index (χ1v) is 11.5. The molecule has 0 bridgehead atoms. The van der Waals surface area contributed by atoms with Crippen LogP contribution in [-0.2, 0) is 4.79 Å². The summed E-state index contributed by atoms with van der Waals surface area (Å²) in [6.07, 6.45) is 0. The fourth-order valence-corrected chi connectivity index (χ4v) is 5.58. The van der Waals surface area contributed by atoms with Crippen molar-refractivity contribution in [2.45, 2.75) is 23.4 Å². The first-order valence-electron chi connectivity index (χ1n) is 8.98. The minimum Gasteiger partial charge on any atom is -0.363 e. The van der Waals surface area contributed by atoms with Gasteiger partial charge in [-0.2, -0.15) is 0 Å². The number of carbonyl (C=O) groups is 1. The Bertz CT molecular complexity index is 1150. The van der Waals surface area contributed by atoms with Crippen molar-refractivity contribution in [2.75, 3.05) is 17.7 Å². The van der Waals surface area contributed by atoms with Crippen LogP contribution in [-0.4, -0.2) is 33.4 Å². The van der Waals surface area contributed by atoms with Gasteiger partial charge in [0.2, 0.25) is 11.0 Å². The fourth-order valence-electron chi connectivity index (χ4n) is 2.66. The van der Waals surface area contributed by atoms with Crippen molar-refractivity contribution in [1.82, 2.24) is 15.2 Å². The zero-order valence-corrected chi connectivity index (χ0v) is 18.5. The van der Waals surface area contributed by atoms with Gasteiger partial charge in [-0.25, -0.2) is 4.98 Å². The molecule has 2 aromatic heterocycles. The highest BCUT2D eigenvalue weighted by atomic mass is 32.2. The van der Waals surface area contributed by atoms with Crippen LogP contribution in [0.15, 0.2) is 46.8 Å². The minimum atomic E-state index is -0.278. The van der Waals surface area contributed by atoms with Crippen molar-refractivity contribution < 1.29 is 4.79 Å². The van der Waals surface area contributed by atoms with Crippen molar-refractivity contribution in [3.63, 3.8) is 0 Å². The molecule has 1 amide bonds. The number of nitrogens with zero attached hydrogens (tertiary/aromatic N) is 3. The van der Waals surface area contributed by atoms with Gasteiger partial charge in [0, 0.05) is 18.3 Å². The Morgan fingerprint density at radius 1 is 1.10 bits per heavy atom. The largest absolute Gasteiger partial charge is 0.363 e. The quantitative estimate of drug-likeness (QED) is 0.396. The van der Waals surface area contributed by atoms with Crippen LogP contribution in [0.2, 0.25) is 0 Å². The van der Waals surface area contributed by atoms with E-state index in [1.165, 1.54) is 33.4 Å². The minimum absolute atomic E-state index is 0.0700. The highest BCUT2D eigenvalue weighted by Crippen LogP contribution is 2.32. The van der Waals surface area contributed by atoms with Crippen LogP contribution in [0, 0.1) is 6.92 Å². The molecule has 2 N–H and O–H groups in total. The smallest absolute Gasteiger partial charge is 0.237 e. The summed E-state index contributed by atoms with van der Waals surface area (Å²) >= 11 is 4.50. The van der Waals surface area contributed by atoms with Crippen LogP contribution in [0.4, 0.5) is 10.8 Å². The van der Waals surface area contributed by atoms with Crippen molar-refractivity contribution in [1.29, 1.82) is 0 Å². The molecule has 0 aliphatic carbocycles. The molecular formula is C20H19N5OS3. The Hall–Kier alpha value is -2.49. The predicted molar refractivity (Wildman–Crippen MR) is 123 cm³/mol. The maximum absolute atomic E-state index is 12.5. The number of hydrogen-bond donors (Lipinski definition) is 2. The Kier molecular flexibility index (Phi) is 5.79. The summed E-state index contributed by atoms with van der Waals surface area (Å²) in [5.74, 6) is -0.0700. The topological polar surface area (TPSA) is 79.8 Å². The Balaban J connectivity index is 1.42. The van der Waals surface area contributed by atoms with Gasteiger partial charge in [0.1, 0.15) is 5.01 Å². The van der Waals surface area contributed by atoms with Crippen LogP contribution in [0.5, 0.6) is 0 Å². The second kappa shape index (κ2) is 8.48. The molecule has 4 rings (SSSR count). The molecule has 6 nitrogen and oxygen atoms in total. The Morgan fingerprint density at radius 2 is 1.90 bits per heavy atom. The van der Waals surface area contributed by atoms with E-state index in [9.17, 15) is 4.79 Å². The monoisotopic (exact) mass is 441 g/mol. The van der Waals surface area contributed by atoms with Gasteiger partial charge in [-0.15, -0.1) is 21.5 Å². The van der Waals surface area contributed by atoms with E-state index >= 15 is 0 Å². The van der Waals surface area contributed by atoms with Crippen LogP contribution in [0.25, 0.3) is 20.8 Å². The highest BCUT2D eigenvalue weighted by Gasteiger charge is 2.17. The predicted octanol–water partition coefficient (Wildman–Crippen LogP) is 5.28. The van der Waals surface area contributed by atoms with Crippen molar-refractivity contribution in [3.8, 4) is 10.6 Å². The molecule has 2 heterocycles. The molecule has 29 heavy (non-hydrogen) atoms. The van der Waals surface area contributed by atoms with Crippen LogP contribution < -0.4 is 10.6 Å². The first-order chi connectivity index (χ1) is 14.0. The number of aromatic nitrogens is 3. The van der Waals surface area contributed by atoms with Gasteiger partial charge in [0.25, 0.3) is 0 Å². The summed E-state index contributed by atoms with van der Waals surface area (Å²) in [6, 6.07) is 14.1. The number of rotatable bonds is 6. The zero-order chi connectivity index (χ0) is 20.4. The lowest BCUT2D eigenvalue weighted by molar-refractivity contribution is -0.115. The first kappa shape index (κ1) is 19.8. The maximum Gasteiger partial charge on any atom is 0.237 e. The molecule has 0 radical (unpaired) electrons. The second-order valence-electron chi connectivity index (χ2n) is 6.44. The molecule has 148 valence electrons. The van der Waals surface area contributed by atoms with Gasteiger partial charge in [0.15, 0.2) is 4.34 Å². The summed E-state index contributed by atoms with van der Waals surface area (Å²) in [5, 5.41) is 15.4. The zero-order valence-electron chi connectivity index (χ0n) is 16.1. The molecule has 4 aromatic rings. The van der Waals surface area contributed by atoms with Gasteiger partial charge in [0.05, 0.1) is 15.5 Å². The van der Waals surface area contributed by atoms with Gasteiger partial charge in [-0.1, -0.05) is 29.2 Å². The number of benzene rings is 2. The number of anilines is 2. The van der Waals surface area contributed by atoms with Crippen molar-refractivity contribution in [3.05, 3.63) is 48.0 Å². The summed E-state index contributed by atoms with van der Waals surface area (Å²) < 4.78 is 1.94. The molecule has 0 saturated heterocycles. The molecule has 0 fully saturated rings.